The van der Waals surface area contributed by atoms with E-state index in [4.69, 9.17) is 4.98 Å². The highest BCUT2D eigenvalue weighted by atomic mass is 16.2. The topological polar surface area (TPSA) is 63.9 Å². The molecule has 0 unspecified atom stereocenters. The highest BCUT2D eigenvalue weighted by molar-refractivity contribution is 6.07. The van der Waals surface area contributed by atoms with E-state index < -0.39 is 0 Å². The van der Waals surface area contributed by atoms with Gasteiger partial charge in [-0.3, -0.25) is 9.78 Å². The zero-order valence-electron chi connectivity index (χ0n) is 15.3. The Morgan fingerprint density at radius 2 is 1.93 bits per heavy atom. The first kappa shape index (κ1) is 16.6. The minimum absolute atomic E-state index is 0.0263. The minimum atomic E-state index is 0.0263. The van der Waals surface area contributed by atoms with Gasteiger partial charge in [0.15, 0.2) is 0 Å². The molecule has 0 radical (unpaired) electrons. The molecular weight excluding hydrogens is 350 g/mol. The van der Waals surface area contributed by atoms with E-state index in [9.17, 15) is 4.79 Å². The van der Waals surface area contributed by atoms with Crippen LogP contribution < -0.4 is 0 Å². The predicted molar refractivity (Wildman–Crippen MR) is 107 cm³/mol. The molecule has 0 spiro atoms. The number of pyridine rings is 2. The van der Waals surface area contributed by atoms with Crippen molar-refractivity contribution in [3.8, 4) is 11.3 Å². The van der Waals surface area contributed by atoms with Gasteiger partial charge in [0, 0.05) is 42.6 Å². The fourth-order valence-electron chi connectivity index (χ4n) is 3.75. The number of hydrogen-bond acceptors (Lipinski definition) is 4. The first-order valence-corrected chi connectivity index (χ1v) is 9.38. The molecule has 0 bridgehead atoms. The number of carbonyl (C=O) groups excluding carboxylic acids is 1. The number of rotatable bonds is 2. The second kappa shape index (κ2) is 6.88. The van der Waals surface area contributed by atoms with Crippen molar-refractivity contribution >= 4 is 16.8 Å². The summed E-state index contributed by atoms with van der Waals surface area (Å²) in [6.07, 6.45) is 8.10. The maximum atomic E-state index is 13.5. The van der Waals surface area contributed by atoms with Crippen LogP contribution in [0.3, 0.4) is 0 Å². The molecule has 0 saturated carbocycles. The van der Waals surface area contributed by atoms with Gasteiger partial charge in [-0.25, -0.2) is 9.97 Å². The Morgan fingerprint density at radius 1 is 1.00 bits per heavy atom. The number of para-hydroxylation sites is 1. The molecule has 1 amide bonds. The molecule has 0 aliphatic carbocycles. The number of carbonyl (C=O) groups is 1. The highest BCUT2D eigenvalue weighted by Crippen LogP contribution is 2.26. The molecule has 3 aromatic heterocycles. The average Bonchev–Trinajstić information content (AvgIpc) is 3.09. The summed E-state index contributed by atoms with van der Waals surface area (Å²) in [7, 11) is 0. The third kappa shape index (κ3) is 2.93. The SMILES string of the molecule is O=C(c1cc(-c2cccnc2)nc2ccccc12)N1CCCn2cncc2C1. The standard InChI is InChI=1S/C22H19N5O/c28-22(26-9-4-10-27-15-24-13-17(27)14-26)19-11-21(16-5-3-8-23-12-16)25-20-7-2-1-6-18(19)20/h1-3,5-8,11-13,15H,4,9-10,14H2. The van der Waals surface area contributed by atoms with Crippen LogP contribution in [-0.2, 0) is 13.1 Å². The molecule has 0 N–H and O–H groups in total. The van der Waals surface area contributed by atoms with Gasteiger partial charge in [0.1, 0.15) is 0 Å². The van der Waals surface area contributed by atoms with E-state index in [0.29, 0.717) is 12.1 Å². The van der Waals surface area contributed by atoms with Gasteiger partial charge in [-0.05, 0) is 30.7 Å². The third-order valence-electron chi connectivity index (χ3n) is 5.17. The normalized spacial score (nSPS) is 13.9. The molecule has 1 aliphatic heterocycles. The van der Waals surface area contributed by atoms with Crippen LogP contribution in [0.5, 0.6) is 0 Å². The molecule has 4 aromatic rings. The van der Waals surface area contributed by atoms with Crippen LogP contribution in [-0.4, -0.2) is 36.9 Å². The lowest BCUT2D eigenvalue weighted by Gasteiger charge is -2.21. The van der Waals surface area contributed by atoms with Gasteiger partial charge in [0.25, 0.3) is 5.91 Å². The van der Waals surface area contributed by atoms with Crippen LogP contribution in [0.2, 0.25) is 0 Å². The molecule has 1 aromatic carbocycles. The van der Waals surface area contributed by atoms with Crippen molar-refractivity contribution < 1.29 is 4.79 Å². The zero-order chi connectivity index (χ0) is 18.9. The molecular formula is C22H19N5O. The number of aryl methyl sites for hydroxylation is 1. The fourth-order valence-corrected chi connectivity index (χ4v) is 3.75. The van der Waals surface area contributed by atoms with E-state index in [1.807, 2.05) is 59.9 Å². The van der Waals surface area contributed by atoms with Crippen molar-refractivity contribution in [3.05, 3.63) is 78.6 Å². The summed E-state index contributed by atoms with van der Waals surface area (Å²) >= 11 is 0. The van der Waals surface area contributed by atoms with E-state index in [2.05, 4.69) is 14.5 Å². The number of nitrogens with zero attached hydrogens (tertiary/aromatic N) is 5. The molecule has 5 rings (SSSR count). The Kier molecular flexibility index (Phi) is 4.09. The van der Waals surface area contributed by atoms with E-state index in [1.54, 1.807) is 12.4 Å². The molecule has 0 saturated heterocycles. The lowest BCUT2D eigenvalue weighted by molar-refractivity contribution is 0.0747. The van der Waals surface area contributed by atoms with Gasteiger partial charge in [-0.1, -0.05) is 18.2 Å². The van der Waals surface area contributed by atoms with E-state index in [-0.39, 0.29) is 5.91 Å². The van der Waals surface area contributed by atoms with Crippen LogP contribution in [0.4, 0.5) is 0 Å². The Morgan fingerprint density at radius 3 is 2.82 bits per heavy atom. The monoisotopic (exact) mass is 369 g/mol. The third-order valence-corrected chi connectivity index (χ3v) is 5.17. The summed E-state index contributed by atoms with van der Waals surface area (Å²) in [6.45, 7) is 2.17. The molecule has 0 fully saturated rings. The summed E-state index contributed by atoms with van der Waals surface area (Å²) in [4.78, 5) is 28.6. The summed E-state index contributed by atoms with van der Waals surface area (Å²) in [5.74, 6) is 0.0263. The van der Waals surface area contributed by atoms with Crippen molar-refractivity contribution in [2.75, 3.05) is 6.54 Å². The van der Waals surface area contributed by atoms with Crippen molar-refractivity contribution in [2.45, 2.75) is 19.5 Å². The van der Waals surface area contributed by atoms with Gasteiger partial charge in [-0.2, -0.15) is 0 Å². The summed E-state index contributed by atoms with van der Waals surface area (Å²) < 4.78 is 2.12. The van der Waals surface area contributed by atoms with Gasteiger partial charge in [0.2, 0.25) is 0 Å². The number of imidazole rings is 1. The molecule has 0 atom stereocenters. The first-order valence-electron chi connectivity index (χ1n) is 9.38. The number of hydrogen-bond donors (Lipinski definition) is 0. The van der Waals surface area contributed by atoms with Gasteiger partial charge in [-0.15, -0.1) is 0 Å². The summed E-state index contributed by atoms with van der Waals surface area (Å²) in [5.41, 5.74) is 4.22. The van der Waals surface area contributed by atoms with Crippen molar-refractivity contribution in [1.82, 2.24) is 24.4 Å². The van der Waals surface area contributed by atoms with Gasteiger partial charge >= 0.3 is 0 Å². The van der Waals surface area contributed by atoms with Crippen LogP contribution >= 0.6 is 0 Å². The quantitative estimate of drug-likeness (QED) is 0.542. The Hall–Kier alpha value is -3.54. The number of amides is 1. The second-order valence-corrected chi connectivity index (χ2v) is 6.97. The largest absolute Gasteiger partial charge is 0.333 e. The van der Waals surface area contributed by atoms with E-state index in [1.165, 1.54) is 0 Å². The Balaban J connectivity index is 1.60. The maximum absolute atomic E-state index is 13.5. The Bertz CT molecular complexity index is 1150. The van der Waals surface area contributed by atoms with E-state index >= 15 is 0 Å². The summed E-state index contributed by atoms with van der Waals surface area (Å²) in [6, 6.07) is 13.5. The number of aromatic nitrogens is 4. The lowest BCUT2D eigenvalue weighted by atomic mass is 10.0. The molecule has 6 heteroatoms. The smallest absolute Gasteiger partial charge is 0.254 e. The van der Waals surface area contributed by atoms with E-state index in [0.717, 1.165) is 47.4 Å². The van der Waals surface area contributed by atoms with Crippen LogP contribution in [0.1, 0.15) is 22.5 Å². The van der Waals surface area contributed by atoms with Gasteiger partial charge < -0.3 is 9.47 Å². The first-order chi connectivity index (χ1) is 13.8. The molecule has 28 heavy (non-hydrogen) atoms. The molecule has 1 aliphatic rings. The predicted octanol–water partition coefficient (Wildman–Crippen LogP) is 3.54. The highest BCUT2D eigenvalue weighted by Gasteiger charge is 2.23. The summed E-state index contributed by atoms with van der Waals surface area (Å²) in [5, 5.41) is 0.873. The fraction of sp³-hybridized carbons (Fsp3) is 0.182. The molecule has 138 valence electrons. The average molecular weight is 369 g/mol. The Labute approximate surface area is 162 Å². The number of benzene rings is 1. The van der Waals surface area contributed by atoms with Crippen molar-refractivity contribution in [3.63, 3.8) is 0 Å². The lowest BCUT2D eigenvalue weighted by Crippen LogP contribution is -2.31. The van der Waals surface area contributed by atoms with Gasteiger partial charge in [0.05, 0.1) is 35.3 Å². The molecule has 6 nitrogen and oxygen atoms in total. The van der Waals surface area contributed by atoms with Crippen molar-refractivity contribution in [1.29, 1.82) is 0 Å². The van der Waals surface area contributed by atoms with Crippen LogP contribution in [0.25, 0.3) is 22.2 Å². The number of fused-ring (bicyclic) bond motifs is 2. The van der Waals surface area contributed by atoms with Crippen LogP contribution in [0.15, 0.2) is 67.4 Å². The maximum Gasteiger partial charge on any atom is 0.254 e. The minimum Gasteiger partial charge on any atom is -0.333 e. The second-order valence-electron chi connectivity index (χ2n) is 6.97. The molecule has 4 heterocycles. The van der Waals surface area contributed by atoms with Crippen LogP contribution in [0, 0.1) is 0 Å². The van der Waals surface area contributed by atoms with Crippen molar-refractivity contribution in [2.24, 2.45) is 0 Å². The zero-order valence-corrected chi connectivity index (χ0v) is 15.3.